The van der Waals surface area contributed by atoms with Crippen molar-refractivity contribution in [2.24, 2.45) is 0 Å². The first kappa shape index (κ1) is 18.1. The minimum absolute atomic E-state index is 0.0633. The summed E-state index contributed by atoms with van der Waals surface area (Å²) in [5.41, 5.74) is 0.757. The predicted octanol–water partition coefficient (Wildman–Crippen LogP) is 2.39. The summed E-state index contributed by atoms with van der Waals surface area (Å²) in [4.78, 5) is 35.0. The van der Waals surface area contributed by atoms with Gasteiger partial charge in [-0.1, -0.05) is 0 Å². The van der Waals surface area contributed by atoms with E-state index in [2.05, 4.69) is 0 Å². The second-order valence-electron chi connectivity index (χ2n) is 6.77. The topological polar surface area (TPSA) is 78.9 Å². The maximum Gasteiger partial charge on any atom is 0.308 e. The number of carbonyl (C=O) groups is 3. The van der Waals surface area contributed by atoms with Crippen LogP contribution < -0.4 is 9.47 Å². The van der Waals surface area contributed by atoms with Crippen molar-refractivity contribution in [1.82, 2.24) is 0 Å². The molecule has 0 N–H and O–H groups in total. The fourth-order valence-electron chi connectivity index (χ4n) is 2.69. The highest BCUT2D eigenvalue weighted by Crippen LogP contribution is 2.37. The van der Waals surface area contributed by atoms with Crippen molar-refractivity contribution < 1.29 is 28.6 Å². The maximum atomic E-state index is 12.4. The highest BCUT2D eigenvalue weighted by molar-refractivity contribution is 5.89. The zero-order chi connectivity index (χ0) is 18.1. The van der Waals surface area contributed by atoms with Gasteiger partial charge in [-0.25, -0.2) is 0 Å². The van der Waals surface area contributed by atoms with Gasteiger partial charge < -0.3 is 14.2 Å². The summed E-state index contributed by atoms with van der Waals surface area (Å²) in [7, 11) is 0. The number of ketones is 1. The van der Waals surface area contributed by atoms with Crippen LogP contribution in [0.15, 0.2) is 12.1 Å². The van der Waals surface area contributed by atoms with Crippen molar-refractivity contribution in [2.75, 3.05) is 0 Å². The molecular formula is C18H22O6. The fraction of sp³-hybridized carbons (Fsp3) is 0.500. The van der Waals surface area contributed by atoms with Crippen LogP contribution in [-0.2, 0) is 32.0 Å². The standard InChI is InChI=1S/C18H22O6/c1-10(19)22-15-6-7-16(23-11(2)20)13-9-17(24-18(3,4)5)14(21)8-12(13)15/h6-7,17H,8-9H2,1-5H3. The van der Waals surface area contributed by atoms with Crippen LogP contribution in [0.4, 0.5) is 0 Å². The van der Waals surface area contributed by atoms with Gasteiger partial charge in [0, 0.05) is 37.8 Å². The number of hydrogen-bond donors (Lipinski definition) is 0. The summed E-state index contributed by atoms with van der Waals surface area (Å²) in [6.45, 7) is 8.22. The molecule has 0 aliphatic heterocycles. The second kappa shape index (κ2) is 6.73. The Balaban J connectivity index is 2.45. The van der Waals surface area contributed by atoms with E-state index in [4.69, 9.17) is 14.2 Å². The number of fused-ring (bicyclic) bond motifs is 1. The summed E-state index contributed by atoms with van der Waals surface area (Å²) in [6, 6.07) is 3.11. The lowest BCUT2D eigenvalue weighted by Crippen LogP contribution is -2.39. The van der Waals surface area contributed by atoms with Gasteiger partial charge in [0.2, 0.25) is 0 Å². The number of esters is 2. The highest BCUT2D eigenvalue weighted by Gasteiger charge is 2.34. The molecule has 1 aliphatic rings. The molecule has 2 rings (SSSR count). The van der Waals surface area contributed by atoms with Crippen molar-refractivity contribution in [3.63, 3.8) is 0 Å². The minimum Gasteiger partial charge on any atom is -0.426 e. The Morgan fingerprint density at radius 2 is 1.50 bits per heavy atom. The average Bonchev–Trinajstić information content (AvgIpc) is 2.40. The monoisotopic (exact) mass is 334 g/mol. The van der Waals surface area contributed by atoms with E-state index in [1.807, 2.05) is 20.8 Å². The molecule has 0 spiro atoms. The van der Waals surface area contributed by atoms with E-state index in [9.17, 15) is 14.4 Å². The summed E-state index contributed by atoms with van der Waals surface area (Å²) in [5, 5.41) is 0. The van der Waals surface area contributed by atoms with E-state index in [-0.39, 0.29) is 18.6 Å². The minimum atomic E-state index is -0.626. The maximum absolute atomic E-state index is 12.4. The predicted molar refractivity (Wildman–Crippen MR) is 86.1 cm³/mol. The molecule has 1 aromatic carbocycles. The first-order valence-electron chi connectivity index (χ1n) is 7.79. The van der Waals surface area contributed by atoms with Gasteiger partial charge in [-0.3, -0.25) is 14.4 Å². The Bertz CT molecular complexity index is 683. The van der Waals surface area contributed by atoms with Crippen molar-refractivity contribution >= 4 is 17.7 Å². The molecule has 1 atom stereocenters. The SMILES string of the molecule is CC(=O)Oc1ccc(OC(C)=O)c2c1CC(=O)C(OC(C)(C)C)C2. The zero-order valence-electron chi connectivity index (χ0n) is 14.6. The Morgan fingerprint density at radius 3 is 1.96 bits per heavy atom. The molecule has 24 heavy (non-hydrogen) atoms. The number of carbonyl (C=O) groups excluding carboxylic acids is 3. The molecule has 0 saturated carbocycles. The van der Waals surface area contributed by atoms with E-state index < -0.39 is 23.6 Å². The van der Waals surface area contributed by atoms with E-state index in [0.717, 1.165) is 0 Å². The van der Waals surface area contributed by atoms with Crippen LogP contribution in [-0.4, -0.2) is 29.4 Å². The molecule has 0 radical (unpaired) electrons. The Labute approximate surface area is 141 Å². The van der Waals surface area contributed by atoms with Crippen LogP contribution in [0.2, 0.25) is 0 Å². The van der Waals surface area contributed by atoms with Crippen LogP contribution >= 0.6 is 0 Å². The molecule has 1 aromatic rings. The lowest BCUT2D eigenvalue weighted by molar-refractivity contribution is -0.140. The molecule has 1 unspecified atom stereocenters. The molecule has 0 heterocycles. The van der Waals surface area contributed by atoms with Crippen molar-refractivity contribution in [1.29, 1.82) is 0 Å². The molecule has 0 bridgehead atoms. The van der Waals surface area contributed by atoms with Gasteiger partial charge in [-0.05, 0) is 32.9 Å². The molecule has 6 heteroatoms. The van der Waals surface area contributed by atoms with Crippen LogP contribution in [0.1, 0.15) is 45.7 Å². The van der Waals surface area contributed by atoms with Crippen LogP contribution in [0.3, 0.4) is 0 Å². The molecule has 130 valence electrons. The van der Waals surface area contributed by atoms with E-state index in [1.165, 1.54) is 19.9 Å². The molecule has 0 amide bonds. The van der Waals surface area contributed by atoms with Crippen molar-refractivity contribution in [3.05, 3.63) is 23.3 Å². The Kier molecular flexibility index (Phi) is 5.08. The van der Waals surface area contributed by atoms with Gasteiger partial charge in [0.15, 0.2) is 5.78 Å². The van der Waals surface area contributed by atoms with Gasteiger partial charge >= 0.3 is 11.9 Å². The van der Waals surface area contributed by atoms with Crippen molar-refractivity contribution in [2.45, 2.75) is 59.2 Å². The van der Waals surface area contributed by atoms with Gasteiger partial charge in [0.25, 0.3) is 0 Å². The lowest BCUT2D eigenvalue weighted by atomic mass is 9.87. The zero-order valence-corrected chi connectivity index (χ0v) is 14.6. The second-order valence-corrected chi connectivity index (χ2v) is 6.77. The number of Topliss-reactive ketones (excluding diaryl/α,β-unsaturated/α-hetero) is 1. The van der Waals surface area contributed by atoms with Gasteiger partial charge in [0.1, 0.15) is 17.6 Å². The Morgan fingerprint density at radius 1 is 1.00 bits per heavy atom. The number of benzene rings is 1. The largest absolute Gasteiger partial charge is 0.426 e. The average molecular weight is 334 g/mol. The summed E-state index contributed by atoms with van der Waals surface area (Å²) in [5.74, 6) is -0.342. The third-order valence-electron chi connectivity index (χ3n) is 3.45. The van der Waals surface area contributed by atoms with Crippen LogP contribution in [0, 0.1) is 0 Å². The highest BCUT2D eigenvalue weighted by atomic mass is 16.5. The third kappa shape index (κ3) is 4.41. The molecule has 1 aliphatic carbocycles. The van der Waals surface area contributed by atoms with Crippen LogP contribution in [0.5, 0.6) is 11.5 Å². The summed E-state index contributed by atoms with van der Waals surface area (Å²) < 4.78 is 16.3. The smallest absolute Gasteiger partial charge is 0.308 e. The third-order valence-corrected chi connectivity index (χ3v) is 3.45. The first-order valence-corrected chi connectivity index (χ1v) is 7.79. The first-order chi connectivity index (χ1) is 11.1. The van der Waals surface area contributed by atoms with Gasteiger partial charge in [-0.2, -0.15) is 0 Å². The van der Waals surface area contributed by atoms with Crippen LogP contribution in [0.25, 0.3) is 0 Å². The van der Waals surface area contributed by atoms with E-state index in [1.54, 1.807) is 6.07 Å². The van der Waals surface area contributed by atoms with E-state index >= 15 is 0 Å². The van der Waals surface area contributed by atoms with Crippen molar-refractivity contribution in [3.8, 4) is 11.5 Å². The van der Waals surface area contributed by atoms with E-state index in [0.29, 0.717) is 22.6 Å². The molecule has 0 saturated heterocycles. The quantitative estimate of drug-likeness (QED) is 0.624. The Hall–Kier alpha value is -2.21. The molecule has 0 fully saturated rings. The summed E-state index contributed by atoms with van der Waals surface area (Å²) in [6.07, 6.45) is -0.295. The fourth-order valence-corrected chi connectivity index (χ4v) is 2.69. The lowest BCUT2D eigenvalue weighted by Gasteiger charge is -2.31. The number of hydrogen-bond acceptors (Lipinski definition) is 6. The van der Waals surface area contributed by atoms with Gasteiger partial charge in [0.05, 0.1) is 5.60 Å². The normalized spacial score (nSPS) is 17.2. The molecule has 6 nitrogen and oxygen atoms in total. The molecular weight excluding hydrogens is 312 g/mol. The molecule has 0 aromatic heterocycles. The number of ether oxygens (including phenoxy) is 3. The summed E-state index contributed by atoms with van der Waals surface area (Å²) >= 11 is 0. The number of rotatable bonds is 3. The van der Waals surface area contributed by atoms with Gasteiger partial charge in [-0.15, -0.1) is 0 Å².